The maximum atomic E-state index is 2.54. The van der Waals surface area contributed by atoms with E-state index < -0.39 is 17.4 Å². The van der Waals surface area contributed by atoms with Gasteiger partial charge < -0.3 is 24.8 Å². The molecule has 0 amide bonds. The first-order chi connectivity index (χ1) is 14.6. The molecule has 2 aliphatic rings. The van der Waals surface area contributed by atoms with Crippen molar-refractivity contribution in [3.05, 3.63) is 115 Å². The molecule has 2 atom stereocenters. The molecule has 0 nitrogen and oxygen atoms in total. The van der Waals surface area contributed by atoms with Gasteiger partial charge >= 0.3 is 189 Å². The summed E-state index contributed by atoms with van der Waals surface area (Å²) in [4.78, 5) is 0. The Morgan fingerprint density at radius 3 is 1.38 bits per heavy atom. The molecule has 3 heteroatoms. The van der Waals surface area contributed by atoms with E-state index >= 15 is 0 Å². The Labute approximate surface area is 212 Å². The molecule has 2 aromatic rings. The third-order valence-electron chi connectivity index (χ3n) is 6.33. The summed E-state index contributed by atoms with van der Waals surface area (Å²) in [6.45, 7) is 9.25. The number of hydrogen-bond acceptors (Lipinski definition) is 0. The number of halogens is 2. The van der Waals surface area contributed by atoms with Crippen LogP contribution >= 0.6 is 0 Å². The molecule has 0 aromatic heterocycles. The maximum absolute atomic E-state index is 2.54. The SMILES string of the molecule is CCC1C=C(C)C=[C]1[Ti+2]([C]1=CC(C)=CC1CC)=[C](c1ccccc1)c1ccccc1.[Cl-].[Cl-]. The van der Waals surface area contributed by atoms with Crippen LogP contribution in [0.15, 0.2) is 104 Å². The van der Waals surface area contributed by atoms with E-state index in [0.717, 1.165) is 0 Å². The molecule has 0 heterocycles. The third kappa shape index (κ3) is 5.54. The molecule has 0 fully saturated rings. The summed E-state index contributed by atoms with van der Waals surface area (Å²) in [6.07, 6.45) is 12.5. The minimum absolute atomic E-state index is 0. The molecule has 0 saturated heterocycles. The molecule has 2 aliphatic carbocycles. The van der Waals surface area contributed by atoms with Crippen molar-refractivity contribution < 1.29 is 42.2 Å². The van der Waals surface area contributed by atoms with Crippen molar-refractivity contribution in [3.8, 4) is 0 Å². The summed E-state index contributed by atoms with van der Waals surface area (Å²) < 4.78 is 5.06. The van der Waals surface area contributed by atoms with Crippen LogP contribution in [0.25, 0.3) is 0 Å². The van der Waals surface area contributed by atoms with Gasteiger partial charge in [0, 0.05) is 0 Å². The molecule has 0 spiro atoms. The Kier molecular flexibility index (Phi) is 10.2. The Bertz CT molecular complexity index is 987. The minimum Gasteiger partial charge on any atom is -1.00 e. The van der Waals surface area contributed by atoms with Crippen molar-refractivity contribution in [1.82, 2.24) is 0 Å². The Morgan fingerprint density at radius 2 is 1.03 bits per heavy atom. The van der Waals surface area contributed by atoms with Gasteiger partial charge in [-0.05, 0) is 0 Å². The molecular formula is C29H32Cl2Ti. The second-order valence-corrected chi connectivity index (χ2v) is 12.3. The molecule has 0 saturated carbocycles. The van der Waals surface area contributed by atoms with Gasteiger partial charge in [0.1, 0.15) is 0 Å². The van der Waals surface area contributed by atoms with Gasteiger partial charge in [-0.1, -0.05) is 0 Å². The first kappa shape index (κ1) is 26.8. The van der Waals surface area contributed by atoms with Gasteiger partial charge in [-0.25, -0.2) is 0 Å². The summed E-state index contributed by atoms with van der Waals surface area (Å²) in [5.74, 6) is 1.17. The quantitative estimate of drug-likeness (QED) is 0.531. The van der Waals surface area contributed by atoms with Crippen LogP contribution in [0.1, 0.15) is 51.7 Å². The van der Waals surface area contributed by atoms with E-state index in [2.05, 4.69) is 113 Å². The maximum Gasteiger partial charge on any atom is -1.00 e. The minimum atomic E-state index is -1.98. The molecule has 0 radical (unpaired) electrons. The van der Waals surface area contributed by atoms with Gasteiger partial charge in [0.2, 0.25) is 0 Å². The number of rotatable bonds is 6. The summed E-state index contributed by atoms with van der Waals surface area (Å²) >= 11 is -1.98. The van der Waals surface area contributed by atoms with Gasteiger partial charge in [-0.2, -0.15) is 0 Å². The summed E-state index contributed by atoms with van der Waals surface area (Å²) in [5, 5.41) is 0. The molecule has 2 aromatic carbocycles. The Hall–Kier alpha value is -1.44. The molecule has 0 bridgehead atoms. The van der Waals surface area contributed by atoms with Gasteiger partial charge in [-0.15, -0.1) is 0 Å². The van der Waals surface area contributed by atoms with Crippen LogP contribution < -0.4 is 24.8 Å². The van der Waals surface area contributed by atoms with E-state index in [9.17, 15) is 0 Å². The van der Waals surface area contributed by atoms with E-state index in [-0.39, 0.29) is 24.8 Å². The zero-order chi connectivity index (χ0) is 21.1. The van der Waals surface area contributed by atoms with Crippen molar-refractivity contribution in [2.75, 3.05) is 0 Å². The van der Waals surface area contributed by atoms with Crippen molar-refractivity contribution >= 4 is 3.81 Å². The van der Waals surface area contributed by atoms with Gasteiger partial charge in [-0.3, -0.25) is 0 Å². The van der Waals surface area contributed by atoms with Crippen LogP contribution in [0.2, 0.25) is 0 Å². The molecule has 4 rings (SSSR count). The fourth-order valence-electron chi connectivity index (χ4n) is 4.93. The second kappa shape index (κ2) is 12.1. The molecule has 166 valence electrons. The first-order valence-electron chi connectivity index (χ1n) is 11.3. The monoisotopic (exact) mass is 498 g/mol. The Morgan fingerprint density at radius 1 is 0.656 bits per heavy atom. The van der Waals surface area contributed by atoms with Crippen molar-refractivity contribution in [3.63, 3.8) is 0 Å². The van der Waals surface area contributed by atoms with Crippen molar-refractivity contribution in [2.45, 2.75) is 40.5 Å². The van der Waals surface area contributed by atoms with Crippen LogP contribution in [0.3, 0.4) is 0 Å². The fourth-order valence-corrected chi connectivity index (χ4v) is 11.0. The van der Waals surface area contributed by atoms with Crippen LogP contribution in [0, 0.1) is 11.8 Å². The zero-order valence-electron chi connectivity index (χ0n) is 19.4. The second-order valence-electron chi connectivity index (χ2n) is 8.53. The third-order valence-corrected chi connectivity index (χ3v) is 11.4. The van der Waals surface area contributed by atoms with Crippen molar-refractivity contribution in [1.29, 1.82) is 0 Å². The standard InChI is InChI=1S/C13H10.2C8H11.2ClH.Ti/c1-3-7-12(8-4-1)11-13-9-5-2-6-10-13;2*1-3-8-5-4-7(2)6-8;;;/h1-10H;2*4,6,8H,3H2,1-2H3;2*1H;/q;;;;;+2/p-2. The summed E-state index contributed by atoms with van der Waals surface area (Å²) in [7, 11) is 0. The number of hydrogen-bond donors (Lipinski definition) is 0. The molecular weight excluding hydrogens is 467 g/mol. The topological polar surface area (TPSA) is 0 Å². The Balaban J connectivity index is 0.00000181. The number of allylic oxidation sites excluding steroid dienone is 8. The van der Waals surface area contributed by atoms with E-state index in [4.69, 9.17) is 0 Å². The van der Waals surface area contributed by atoms with Crippen LogP contribution in [-0.2, 0) is 17.4 Å². The zero-order valence-corrected chi connectivity index (χ0v) is 22.5. The summed E-state index contributed by atoms with van der Waals surface area (Å²) in [5.41, 5.74) is 5.69. The molecule has 32 heavy (non-hydrogen) atoms. The molecule has 0 aliphatic heterocycles. The van der Waals surface area contributed by atoms with Gasteiger partial charge in [0.05, 0.1) is 0 Å². The van der Waals surface area contributed by atoms with Crippen LogP contribution in [0.4, 0.5) is 0 Å². The largest absolute Gasteiger partial charge is 1.00 e. The van der Waals surface area contributed by atoms with E-state index in [1.165, 1.54) is 35.1 Å². The van der Waals surface area contributed by atoms with Gasteiger partial charge in [0.15, 0.2) is 0 Å². The fraction of sp³-hybridized carbons (Fsp3) is 0.276. The molecule has 2 unspecified atom stereocenters. The predicted molar refractivity (Wildman–Crippen MR) is 127 cm³/mol. The average Bonchev–Trinajstić information content (AvgIpc) is 3.34. The average molecular weight is 499 g/mol. The van der Waals surface area contributed by atoms with E-state index in [1.807, 2.05) is 0 Å². The molecule has 0 N–H and O–H groups in total. The predicted octanol–water partition coefficient (Wildman–Crippen LogP) is 1.62. The van der Waals surface area contributed by atoms with E-state index in [1.54, 1.807) is 11.6 Å². The smallest absolute Gasteiger partial charge is 1.00 e. The first-order valence-corrected chi connectivity index (χ1v) is 13.6. The van der Waals surface area contributed by atoms with Gasteiger partial charge in [0.25, 0.3) is 0 Å². The summed E-state index contributed by atoms with van der Waals surface area (Å²) in [6, 6.07) is 22.3. The van der Waals surface area contributed by atoms with E-state index in [0.29, 0.717) is 11.8 Å². The normalized spacial score (nSPS) is 18.8. The number of benzene rings is 2. The van der Waals surface area contributed by atoms with Crippen LogP contribution in [-0.4, -0.2) is 3.81 Å². The van der Waals surface area contributed by atoms with Crippen LogP contribution in [0.5, 0.6) is 0 Å². The van der Waals surface area contributed by atoms with Crippen molar-refractivity contribution in [2.24, 2.45) is 11.8 Å².